The van der Waals surface area contributed by atoms with Crippen molar-refractivity contribution in [3.63, 3.8) is 0 Å². The Labute approximate surface area is 186 Å². The molecule has 1 atom stereocenters. The van der Waals surface area contributed by atoms with E-state index in [0.29, 0.717) is 11.3 Å². The summed E-state index contributed by atoms with van der Waals surface area (Å²) in [7, 11) is 3.39. The summed E-state index contributed by atoms with van der Waals surface area (Å²) in [6.07, 6.45) is 3.44. The van der Waals surface area contributed by atoms with Gasteiger partial charge in [-0.1, -0.05) is 0 Å². The number of carbonyl (C=O) groups excluding carboxylic acids is 1. The lowest BCUT2D eigenvalue weighted by Gasteiger charge is -2.36. The van der Waals surface area contributed by atoms with Crippen LogP contribution < -0.4 is 14.8 Å². The summed E-state index contributed by atoms with van der Waals surface area (Å²) in [6, 6.07) is 5.92. The number of carbonyl (C=O) groups is 1. The first-order valence-corrected chi connectivity index (χ1v) is 10.1. The smallest absolute Gasteiger partial charge is 0.226 e. The Morgan fingerprint density at radius 2 is 1.79 bits per heavy atom. The van der Waals surface area contributed by atoms with E-state index in [-0.39, 0.29) is 30.7 Å². The van der Waals surface area contributed by atoms with Crippen LogP contribution in [0, 0.1) is 11.3 Å². The molecule has 164 valence electrons. The highest BCUT2D eigenvalue weighted by Gasteiger charge is 2.58. The van der Waals surface area contributed by atoms with Gasteiger partial charge in [0.25, 0.3) is 0 Å². The predicted molar refractivity (Wildman–Crippen MR) is 119 cm³/mol. The Hall–Kier alpha value is -1.21. The molecule has 2 aliphatic heterocycles. The van der Waals surface area contributed by atoms with Crippen molar-refractivity contribution < 1.29 is 14.3 Å². The van der Waals surface area contributed by atoms with Crippen molar-refractivity contribution in [2.75, 3.05) is 53.5 Å². The lowest BCUT2D eigenvalue weighted by Crippen LogP contribution is -2.49. The molecule has 2 heterocycles. The predicted octanol–water partition coefficient (Wildman–Crippen LogP) is 2.58. The van der Waals surface area contributed by atoms with E-state index in [0.717, 1.165) is 69.3 Å². The number of piperazine rings is 1. The number of hydrogen-bond donors (Lipinski definition) is 1. The molecule has 1 aromatic carbocycles. The van der Waals surface area contributed by atoms with E-state index in [9.17, 15) is 4.79 Å². The summed E-state index contributed by atoms with van der Waals surface area (Å²) in [5, 5.41) is 3.42. The molecule has 1 spiro atoms. The standard InChI is InChI=1S/C21H31N3O3.2ClH/c1-26-17-3-4-19(27-2)16(13-17)15-23-9-11-24(12-10-23)20(25)18-14-21(18)5-7-22-8-6-21;;/h3-4,13,18,22H,5-12,14-15H2,1-2H3;2*1H. The molecule has 1 aromatic rings. The van der Waals surface area contributed by atoms with Gasteiger partial charge in [-0.3, -0.25) is 9.69 Å². The maximum absolute atomic E-state index is 12.9. The number of nitrogens with zero attached hydrogens (tertiary/aromatic N) is 2. The van der Waals surface area contributed by atoms with Gasteiger partial charge < -0.3 is 19.7 Å². The molecular weight excluding hydrogens is 413 g/mol. The minimum Gasteiger partial charge on any atom is -0.497 e. The average molecular weight is 446 g/mol. The maximum Gasteiger partial charge on any atom is 0.226 e. The second-order valence-electron chi connectivity index (χ2n) is 8.15. The first-order valence-electron chi connectivity index (χ1n) is 10.1. The fourth-order valence-electron chi connectivity index (χ4n) is 4.77. The van der Waals surface area contributed by atoms with Crippen molar-refractivity contribution in [2.45, 2.75) is 25.8 Å². The van der Waals surface area contributed by atoms with Crippen LogP contribution in [0.2, 0.25) is 0 Å². The van der Waals surface area contributed by atoms with E-state index in [1.807, 2.05) is 18.2 Å². The monoisotopic (exact) mass is 445 g/mol. The molecule has 2 saturated heterocycles. The topological polar surface area (TPSA) is 54.0 Å². The molecule has 1 N–H and O–H groups in total. The summed E-state index contributed by atoms with van der Waals surface area (Å²) in [5.41, 5.74) is 1.46. The van der Waals surface area contributed by atoms with Crippen LogP contribution in [0.5, 0.6) is 11.5 Å². The van der Waals surface area contributed by atoms with Crippen LogP contribution in [0.3, 0.4) is 0 Å². The largest absolute Gasteiger partial charge is 0.497 e. The van der Waals surface area contributed by atoms with Gasteiger partial charge in [-0.15, -0.1) is 24.8 Å². The van der Waals surface area contributed by atoms with Gasteiger partial charge in [-0.25, -0.2) is 0 Å². The van der Waals surface area contributed by atoms with Gasteiger partial charge in [0, 0.05) is 44.2 Å². The average Bonchev–Trinajstić information content (AvgIpc) is 3.41. The lowest BCUT2D eigenvalue weighted by atomic mass is 9.91. The fourth-order valence-corrected chi connectivity index (χ4v) is 4.77. The first kappa shape index (κ1) is 24.1. The van der Waals surface area contributed by atoms with Crippen molar-refractivity contribution >= 4 is 30.7 Å². The third kappa shape index (κ3) is 5.10. The molecule has 8 heteroatoms. The third-order valence-corrected chi connectivity index (χ3v) is 6.65. The Morgan fingerprint density at radius 3 is 2.41 bits per heavy atom. The van der Waals surface area contributed by atoms with Crippen molar-refractivity contribution in [3.8, 4) is 11.5 Å². The zero-order chi connectivity index (χ0) is 18.9. The number of halogens is 2. The van der Waals surface area contributed by atoms with Gasteiger partial charge in [0.2, 0.25) is 5.91 Å². The fraction of sp³-hybridized carbons (Fsp3) is 0.667. The zero-order valence-electron chi connectivity index (χ0n) is 17.3. The van der Waals surface area contributed by atoms with Crippen LogP contribution in [-0.2, 0) is 11.3 Å². The first-order chi connectivity index (χ1) is 13.1. The molecule has 1 saturated carbocycles. The van der Waals surface area contributed by atoms with E-state index >= 15 is 0 Å². The van der Waals surface area contributed by atoms with Crippen molar-refractivity contribution in [2.24, 2.45) is 11.3 Å². The number of amides is 1. The Balaban J connectivity index is 0.00000150. The van der Waals surface area contributed by atoms with Crippen LogP contribution in [0.25, 0.3) is 0 Å². The summed E-state index contributed by atoms with van der Waals surface area (Å²) >= 11 is 0. The van der Waals surface area contributed by atoms with Gasteiger partial charge in [0.15, 0.2) is 0 Å². The van der Waals surface area contributed by atoms with E-state index in [1.165, 1.54) is 12.8 Å². The SMILES string of the molecule is COc1ccc(OC)c(CN2CCN(C(=O)C3CC34CCNCC4)CC2)c1.Cl.Cl. The quantitative estimate of drug-likeness (QED) is 0.754. The van der Waals surface area contributed by atoms with Crippen molar-refractivity contribution in [1.29, 1.82) is 0 Å². The molecule has 1 aliphatic carbocycles. The third-order valence-electron chi connectivity index (χ3n) is 6.65. The number of nitrogens with one attached hydrogen (secondary N) is 1. The molecule has 0 radical (unpaired) electrons. The van der Waals surface area contributed by atoms with E-state index in [1.54, 1.807) is 14.2 Å². The molecule has 29 heavy (non-hydrogen) atoms. The number of methoxy groups -OCH3 is 2. The van der Waals surface area contributed by atoms with Gasteiger partial charge in [-0.05, 0) is 56.0 Å². The van der Waals surface area contributed by atoms with Crippen LogP contribution in [-0.4, -0.2) is 69.2 Å². The molecule has 4 rings (SSSR count). The highest BCUT2D eigenvalue weighted by atomic mass is 35.5. The normalized spacial score (nSPS) is 23.0. The number of rotatable bonds is 5. The molecule has 3 aliphatic rings. The van der Waals surface area contributed by atoms with Gasteiger partial charge in [0.05, 0.1) is 14.2 Å². The second kappa shape index (κ2) is 10.2. The zero-order valence-corrected chi connectivity index (χ0v) is 18.9. The van der Waals surface area contributed by atoms with E-state index in [2.05, 4.69) is 15.1 Å². The van der Waals surface area contributed by atoms with Crippen molar-refractivity contribution in [1.82, 2.24) is 15.1 Å². The molecular formula is C21H33Cl2N3O3. The number of ether oxygens (including phenoxy) is 2. The molecule has 1 amide bonds. The van der Waals surface area contributed by atoms with Gasteiger partial charge in [-0.2, -0.15) is 0 Å². The van der Waals surface area contributed by atoms with Crippen molar-refractivity contribution in [3.05, 3.63) is 23.8 Å². The molecule has 0 bridgehead atoms. The molecule has 3 fully saturated rings. The summed E-state index contributed by atoms with van der Waals surface area (Å²) < 4.78 is 10.8. The minimum absolute atomic E-state index is 0. The van der Waals surface area contributed by atoms with Gasteiger partial charge >= 0.3 is 0 Å². The number of piperidine rings is 1. The Bertz CT molecular complexity index is 690. The van der Waals surface area contributed by atoms with Crippen LogP contribution in [0.15, 0.2) is 18.2 Å². The summed E-state index contributed by atoms with van der Waals surface area (Å²) in [5.74, 6) is 2.42. The second-order valence-corrected chi connectivity index (χ2v) is 8.15. The van der Waals surface area contributed by atoms with Crippen LogP contribution in [0.1, 0.15) is 24.8 Å². The minimum atomic E-state index is 0. The molecule has 6 nitrogen and oxygen atoms in total. The van der Waals surface area contributed by atoms with E-state index in [4.69, 9.17) is 9.47 Å². The van der Waals surface area contributed by atoms with E-state index < -0.39 is 0 Å². The summed E-state index contributed by atoms with van der Waals surface area (Å²) in [4.78, 5) is 17.4. The van der Waals surface area contributed by atoms with Gasteiger partial charge in [0.1, 0.15) is 11.5 Å². The highest BCUT2D eigenvalue weighted by molar-refractivity contribution is 5.85. The lowest BCUT2D eigenvalue weighted by molar-refractivity contribution is -0.135. The number of benzene rings is 1. The maximum atomic E-state index is 12.9. The Kier molecular flexibility index (Phi) is 8.47. The number of hydrogen-bond acceptors (Lipinski definition) is 5. The Morgan fingerprint density at radius 1 is 1.10 bits per heavy atom. The van der Waals surface area contributed by atoms with Crippen LogP contribution >= 0.6 is 24.8 Å². The van der Waals surface area contributed by atoms with Crippen LogP contribution in [0.4, 0.5) is 0 Å². The molecule has 1 unspecified atom stereocenters. The molecule has 0 aromatic heterocycles. The summed E-state index contributed by atoms with van der Waals surface area (Å²) in [6.45, 7) is 6.44. The highest BCUT2D eigenvalue weighted by Crippen LogP contribution is 2.59.